The highest BCUT2D eigenvalue weighted by Gasteiger charge is 2.26. The minimum atomic E-state index is -0.220. The van der Waals surface area contributed by atoms with Gasteiger partial charge in [0.25, 0.3) is 5.91 Å². The second-order valence-electron chi connectivity index (χ2n) is 7.14. The average Bonchev–Trinajstić information content (AvgIpc) is 3.51. The lowest BCUT2D eigenvalue weighted by Gasteiger charge is -2.14. The highest BCUT2D eigenvalue weighted by Crippen LogP contribution is 2.39. The van der Waals surface area contributed by atoms with Crippen LogP contribution in [0.3, 0.4) is 0 Å². The number of carbonyl (C=O) groups is 1. The van der Waals surface area contributed by atoms with Crippen molar-refractivity contribution in [2.45, 2.75) is 18.8 Å². The summed E-state index contributed by atoms with van der Waals surface area (Å²) in [5, 5.41) is 7.61. The molecule has 1 aromatic heterocycles. The number of hydrogen-bond acceptors (Lipinski definition) is 5. The number of nitrogens with zero attached hydrogens (tertiary/aromatic N) is 2. The number of para-hydroxylation sites is 1. The first kappa shape index (κ1) is 20.0. The van der Waals surface area contributed by atoms with Crippen LogP contribution in [0.25, 0.3) is 5.69 Å². The van der Waals surface area contributed by atoms with E-state index in [2.05, 4.69) is 10.4 Å². The van der Waals surface area contributed by atoms with E-state index in [-0.39, 0.29) is 5.91 Å². The summed E-state index contributed by atoms with van der Waals surface area (Å²) in [5.74, 6) is 1.47. The third-order valence-corrected chi connectivity index (χ3v) is 4.97. The van der Waals surface area contributed by atoms with Gasteiger partial charge in [-0.15, -0.1) is 0 Å². The molecule has 0 aliphatic heterocycles. The van der Waals surface area contributed by atoms with Crippen LogP contribution in [0.15, 0.2) is 54.7 Å². The standard InChI is InChI=1S/C23H25N3O4/c1-28-13-14-30-22-15-17(9-10-21(22)29-2)24-23(27)18-5-3-4-6-20(18)26-12-11-19(25-26)16-7-8-16/h3-6,9-12,15-16H,7-8,13-14H2,1-2H3,(H,24,27). The van der Waals surface area contributed by atoms with E-state index in [0.717, 1.165) is 11.4 Å². The number of aromatic nitrogens is 2. The molecule has 156 valence electrons. The van der Waals surface area contributed by atoms with Crippen molar-refractivity contribution in [3.63, 3.8) is 0 Å². The number of methoxy groups -OCH3 is 2. The molecule has 1 heterocycles. The van der Waals surface area contributed by atoms with Crippen molar-refractivity contribution < 1.29 is 19.0 Å². The molecule has 0 bridgehead atoms. The lowest BCUT2D eigenvalue weighted by molar-refractivity contribution is 0.102. The highest BCUT2D eigenvalue weighted by atomic mass is 16.5. The summed E-state index contributed by atoms with van der Waals surface area (Å²) in [6, 6.07) is 14.7. The molecule has 1 saturated carbocycles. The van der Waals surface area contributed by atoms with Gasteiger partial charge >= 0.3 is 0 Å². The molecular formula is C23H25N3O4. The van der Waals surface area contributed by atoms with Crippen LogP contribution in [0.1, 0.15) is 34.8 Å². The molecule has 1 fully saturated rings. The van der Waals surface area contributed by atoms with Crippen molar-refractivity contribution in [3.05, 3.63) is 66.0 Å². The van der Waals surface area contributed by atoms with Crippen LogP contribution in [0.5, 0.6) is 11.5 Å². The van der Waals surface area contributed by atoms with Crippen LogP contribution in [0.2, 0.25) is 0 Å². The molecule has 0 saturated heterocycles. The molecule has 0 unspecified atom stereocenters. The third kappa shape index (κ3) is 4.46. The van der Waals surface area contributed by atoms with Gasteiger partial charge in [-0.2, -0.15) is 5.10 Å². The average molecular weight is 407 g/mol. The van der Waals surface area contributed by atoms with Crippen LogP contribution in [0, 0.1) is 0 Å². The maximum absolute atomic E-state index is 13.0. The molecule has 2 aromatic carbocycles. The molecule has 0 spiro atoms. The van der Waals surface area contributed by atoms with Crippen LogP contribution in [-0.4, -0.2) is 43.1 Å². The minimum absolute atomic E-state index is 0.220. The SMILES string of the molecule is COCCOc1cc(NC(=O)c2ccccc2-n2ccc(C3CC3)n2)ccc1OC. The largest absolute Gasteiger partial charge is 0.493 e. The van der Waals surface area contributed by atoms with Gasteiger partial charge in [-0.25, -0.2) is 4.68 Å². The number of anilines is 1. The van der Waals surface area contributed by atoms with Gasteiger partial charge in [-0.3, -0.25) is 4.79 Å². The maximum Gasteiger partial charge on any atom is 0.257 e. The first-order chi connectivity index (χ1) is 14.7. The van der Waals surface area contributed by atoms with E-state index in [4.69, 9.17) is 14.2 Å². The third-order valence-electron chi connectivity index (χ3n) is 4.97. The Bertz CT molecular complexity index is 1030. The fraction of sp³-hybridized carbons (Fsp3) is 0.304. The summed E-state index contributed by atoms with van der Waals surface area (Å²) in [7, 11) is 3.19. The van der Waals surface area contributed by atoms with Gasteiger partial charge in [-0.05, 0) is 43.2 Å². The van der Waals surface area contributed by atoms with Crippen molar-refractivity contribution in [2.75, 3.05) is 32.8 Å². The predicted octanol–water partition coefficient (Wildman–Crippen LogP) is 4.04. The van der Waals surface area contributed by atoms with E-state index >= 15 is 0 Å². The smallest absolute Gasteiger partial charge is 0.257 e. The Labute approximate surface area is 175 Å². The Balaban J connectivity index is 1.54. The van der Waals surface area contributed by atoms with Gasteiger partial charge in [0.2, 0.25) is 0 Å². The van der Waals surface area contributed by atoms with Gasteiger partial charge in [0.15, 0.2) is 11.5 Å². The summed E-state index contributed by atoms with van der Waals surface area (Å²) in [5.41, 5.74) is 2.98. The molecule has 1 amide bonds. The zero-order valence-corrected chi connectivity index (χ0v) is 17.1. The molecule has 30 heavy (non-hydrogen) atoms. The summed E-state index contributed by atoms with van der Waals surface area (Å²) in [6.07, 6.45) is 4.28. The van der Waals surface area contributed by atoms with Gasteiger partial charge in [0, 0.05) is 31.0 Å². The summed E-state index contributed by atoms with van der Waals surface area (Å²) in [6.45, 7) is 0.843. The fourth-order valence-electron chi connectivity index (χ4n) is 3.24. The molecule has 0 radical (unpaired) electrons. The molecule has 7 nitrogen and oxygen atoms in total. The second-order valence-corrected chi connectivity index (χ2v) is 7.14. The quantitative estimate of drug-likeness (QED) is 0.542. The van der Waals surface area contributed by atoms with Gasteiger partial charge in [-0.1, -0.05) is 12.1 Å². The van der Waals surface area contributed by atoms with Gasteiger partial charge < -0.3 is 19.5 Å². The lowest BCUT2D eigenvalue weighted by atomic mass is 10.1. The van der Waals surface area contributed by atoms with E-state index in [1.807, 2.05) is 30.5 Å². The van der Waals surface area contributed by atoms with E-state index in [1.54, 1.807) is 43.2 Å². The Morgan fingerprint density at radius 1 is 1.10 bits per heavy atom. The Morgan fingerprint density at radius 2 is 1.93 bits per heavy atom. The zero-order valence-electron chi connectivity index (χ0n) is 17.1. The first-order valence-electron chi connectivity index (χ1n) is 9.95. The van der Waals surface area contributed by atoms with Gasteiger partial charge in [0.1, 0.15) is 6.61 Å². The van der Waals surface area contributed by atoms with Crippen molar-refractivity contribution in [1.82, 2.24) is 9.78 Å². The van der Waals surface area contributed by atoms with E-state index in [0.29, 0.717) is 41.9 Å². The Kier molecular flexibility index (Phi) is 5.99. The fourth-order valence-corrected chi connectivity index (χ4v) is 3.24. The maximum atomic E-state index is 13.0. The number of amides is 1. The van der Waals surface area contributed by atoms with Crippen LogP contribution < -0.4 is 14.8 Å². The topological polar surface area (TPSA) is 74.6 Å². The first-order valence-corrected chi connectivity index (χ1v) is 9.95. The molecular weight excluding hydrogens is 382 g/mol. The van der Waals surface area contributed by atoms with Crippen LogP contribution in [0.4, 0.5) is 5.69 Å². The van der Waals surface area contributed by atoms with E-state index in [1.165, 1.54) is 12.8 Å². The number of carbonyl (C=O) groups excluding carboxylic acids is 1. The molecule has 1 N–H and O–H groups in total. The van der Waals surface area contributed by atoms with Crippen molar-refractivity contribution in [1.29, 1.82) is 0 Å². The highest BCUT2D eigenvalue weighted by molar-refractivity contribution is 6.06. The van der Waals surface area contributed by atoms with Crippen molar-refractivity contribution in [2.24, 2.45) is 0 Å². The number of nitrogens with one attached hydrogen (secondary N) is 1. The zero-order chi connectivity index (χ0) is 20.9. The molecule has 1 aliphatic rings. The number of benzene rings is 2. The Morgan fingerprint density at radius 3 is 2.70 bits per heavy atom. The molecule has 4 rings (SSSR count). The summed E-state index contributed by atoms with van der Waals surface area (Å²) >= 11 is 0. The number of rotatable bonds is 9. The summed E-state index contributed by atoms with van der Waals surface area (Å²) < 4.78 is 17.8. The Hall–Kier alpha value is -3.32. The van der Waals surface area contributed by atoms with Gasteiger partial charge in [0.05, 0.1) is 30.7 Å². The summed E-state index contributed by atoms with van der Waals surface area (Å²) in [4.78, 5) is 13.0. The minimum Gasteiger partial charge on any atom is -0.493 e. The number of hydrogen-bond donors (Lipinski definition) is 1. The van der Waals surface area contributed by atoms with Crippen molar-refractivity contribution in [3.8, 4) is 17.2 Å². The van der Waals surface area contributed by atoms with Crippen LogP contribution >= 0.6 is 0 Å². The lowest BCUT2D eigenvalue weighted by Crippen LogP contribution is -2.15. The number of ether oxygens (including phenoxy) is 3. The van der Waals surface area contributed by atoms with E-state index < -0.39 is 0 Å². The molecule has 1 aliphatic carbocycles. The molecule has 7 heteroatoms. The second kappa shape index (κ2) is 9.00. The van der Waals surface area contributed by atoms with E-state index in [9.17, 15) is 4.79 Å². The van der Waals surface area contributed by atoms with Crippen LogP contribution in [-0.2, 0) is 4.74 Å². The predicted molar refractivity (Wildman–Crippen MR) is 114 cm³/mol. The monoisotopic (exact) mass is 407 g/mol. The molecule has 3 aromatic rings. The normalized spacial score (nSPS) is 13.1. The molecule has 0 atom stereocenters. The van der Waals surface area contributed by atoms with Crippen molar-refractivity contribution >= 4 is 11.6 Å².